The zero-order valence-electron chi connectivity index (χ0n) is 18.2. The smallest absolute Gasteiger partial charge is 0.269 e. The standard InChI is InChI=1S/C23H24N4O4S2/c1-31-20-6-2-17(3-7-20)23-24-18(15-33-23)14-25-10-12-26(13-11-25)22(28)16-32-21-8-4-19(5-9-21)27(29)30/h2-9,15H,10-14,16H2,1H3. The minimum Gasteiger partial charge on any atom is -0.497 e. The Morgan fingerprint density at radius 2 is 1.82 bits per heavy atom. The van der Waals surface area contributed by atoms with Gasteiger partial charge in [-0.2, -0.15) is 0 Å². The molecule has 1 fully saturated rings. The minimum atomic E-state index is -0.426. The Morgan fingerprint density at radius 1 is 1.12 bits per heavy atom. The lowest BCUT2D eigenvalue weighted by Crippen LogP contribution is -2.48. The molecular weight excluding hydrogens is 460 g/mol. The molecule has 10 heteroatoms. The molecule has 0 N–H and O–H groups in total. The summed E-state index contributed by atoms with van der Waals surface area (Å²) in [4.78, 5) is 32.7. The van der Waals surface area contributed by atoms with Crippen LogP contribution in [0.2, 0.25) is 0 Å². The zero-order valence-corrected chi connectivity index (χ0v) is 19.8. The van der Waals surface area contributed by atoms with Gasteiger partial charge in [-0.05, 0) is 36.4 Å². The first-order valence-corrected chi connectivity index (χ1v) is 12.3. The molecule has 4 rings (SSSR count). The molecule has 1 saturated heterocycles. The number of hydrogen-bond acceptors (Lipinski definition) is 8. The van der Waals surface area contributed by atoms with Crippen LogP contribution in [-0.4, -0.2) is 64.7 Å². The molecule has 172 valence electrons. The van der Waals surface area contributed by atoms with Crippen LogP contribution in [0.15, 0.2) is 58.8 Å². The molecule has 0 spiro atoms. The lowest BCUT2D eigenvalue weighted by atomic mass is 10.2. The Bertz CT molecular complexity index is 1090. The van der Waals surface area contributed by atoms with E-state index in [9.17, 15) is 14.9 Å². The minimum absolute atomic E-state index is 0.0537. The predicted octanol–water partition coefficient (Wildman–Crippen LogP) is 4.16. The van der Waals surface area contributed by atoms with Crippen LogP contribution in [-0.2, 0) is 11.3 Å². The van der Waals surface area contributed by atoms with Crippen LogP contribution in [0.4, 0.5) is 5.69 Å². The molecule has 0 aliphatic carbocycles. The van der Waals surface area contributed by atoms with Gasteiger partial charge in [-0.3, -0.25) is 19.8 Å². The number of thioether (sulfide) groups is 1. The van der Waals surface area contributed by atoms with Crippen LogP contribution >= 0.6 is 23.1 Å². The molecule has 1 amide bonds. The first kappa shape index (κ1) is 23.2. The van der Waals surface area contributed by atoms with Crippen molar-refractivity contribution in [3.8, 4) is 16.3 Å². The maximum atomic E-state index is 12.6. The maximum absolute atomic E-state index is 12.6. The maximum Gasteiger partial charge on any atom is 0.269 e. The quantitative estimate of drug-likeness (QED) is 0.269. The highest BCUT2D eigenvalue weighted by atomic mass is 32.2. The second-order valence-corrected chi connectivity index (χ2v) is 9.48. The van der Waals surface area contributed by atoms with Gasteiger partial charge in [0.15, 0.2) is 0 Å². The Hall–Kier alpha value is -2.95. The predicted molar refractivity (Wildman–Crippen MR) is 130 cm³/mol. The van der Waals surface area contributed by atoms with Crippen molar-refractivity contribution in [3.63, 3.8) is 0 Å². The average Bonchev–Trinajstić information content (AvgIpc) is 3.31. The SMILES string of the molecule is COc1ccc(-c2nc(CN3CCN(C(=O)CSc4ccc([N+](=O)[O-])cc4)CC3)cs2)cc1. The second-order valence-electron chi connectivity index (χ2n) is 7.57. The molecule has 0 saturated carbocycles. The van der Waals surface area contributed by atoms with Gasteiger partial charge in [0.25, 0.3) is 5.69 Å². The van der Waals surface area contributed by atoms with E-state index in [1.54, 1.807) is 30.6 Å². The summed E-state index contributed by atoms with van der Waals surface area (Å²) < 4.78 is 5.21. The van der Waals surface area contributed by atoms with E-state index in [1.807, 2.05) is 29.2 Å². The molecule has 1 aliphatic heterocycles. The highest BCUT2D eigenvalue weighted by molar-refractivity contribution is 8.00. The third kappa shape index (κ3) is 6.10. The number of nitrogens with zero attached hydrogens (tertiary/aromatic N) is 4. The number of carbonyl (C=O) groups is 1. The summed E-state index contributed by atoms with van der Waals surface area (Å²) in [5.74, 6) is 1.25. The van der Waals surface area contributed by atoms with E-state index in [0.717, 1.165) is 46.5 Å². The number of hydrogen-bond donors (Lipinski definition) is 0. The van der Waals surface area contributed by atoms with Gasteiger partial charge in [0.05, 0.1) is 23.5 Å². The number of non-ortho nitro benzene ring substituents is 1. The molecule has 8 nitrogen and oxygen atoms in total. The summed E-state index contributed by atoms with van der Waals surface area (Å²) in [5, 5.41) is 13.8. The number of ether oxygens (including phenoxy) is 1. The molecule has 0 atom stereocenters. The van der Waals surface area contributed by atoms with Crippen molar-refractivity contribution in [2.24, 2.45) is 0 Å². The lowest BCUT2D eigenvalue weighted by molar-refractivity contribution is -0.384. The summed E-state index contributed by atoms with van der Waals surface area (Å²) in [6.45, 7) is 3.77. The van der Waals surface area contributed by atoms with Crippen molar-refractivity contribution in [2.75, 3.05) is 39.0 Å². The Morgan fingerprint density at radius 3 is 2.45 bits per heavy atom. The lowest BCUT2D eigenvalue weighted by Gasteiger charge is -2.34. The molecule has 0 bridgehead atoms. The molecule has 33 heavy (non-hydrogen) atoms. The summed E-state index contributed by atoms with van der Waals surface area (Å²) >= 11 is 3.04. The van der Waals surface area contributed by atoms with E-state index in [0.29, 0.717) is 18.8 Å². The van der Waals surface area contributed by atoms with Gasteiger partial charge >= 0.3 is 0 Å². The average molecular weight is 485 g/mol. The first-order valence-electron chi connectivity index (χ1n) is 10.5. The molecule has 1 aromatic heterocycles. The number of methoxy groups -OCH3 is 1. The number of carbonyl (C=O) groups excluding carboxylic acids is 1. The molecule has 0 unspecified atom stereocenters. The fourth-order valence-corrected chi connectivity index (χ4v) is 5.15. The van der Waals surface area contributed by atoms with E-state index < -0.39 is 4.92 Å². The van der Waals surface area contributed by atoms with Crippen LogP contribution in [0.3, 0.4) is 0 Å². The Kier molecular flexibility index (Phi) is 7.58. The van der Waals surface area contributed by atoms with Gasteiger partial charge in [-0.1, -0.05) is 0 Å². The number of nitro groups is 1. The van der Waals surface area contributed by atoms with Gasteiger partial charge in [0.2, 0.25) is 5.91 Å². The summed E-state index contributed by atoms with van der Waals surface area (Å²) in [6, 6.07) is 14.2. The van der Waals surface area contributed by atoms with Crippen molar-refractivity contribution >= 4 is 34.7 Å². The van der Waals surface area contributed by atoms with Crippen LogP contribution in [0.25, 0.3) is 10.6 Å². The fraction of sp³-hybridized carbons (Fsp3) is 0.304. The van der Waals surface area contributed by atoms with Crippen molar-refractivity contribution in [2.45, 2.75) is 11.4 Å². The van der Waals surface area contributed by atoms with Crippen molar-refractivity contribution < 1.29 is 14.5 Å². The molecule has 3 aromatic rings. The molecule has 2 heterocycles. The molecular formula is C23H24N4O4S2. The second kappa shape index (κ2) is 10.8. The molecule has 2 aromatic carbocycles. The van der Waals surface area contributed by atoms with E-state index in [4.69, 9.17) is 9.72 Å². The van der Waals surface area contributed by atoms with Crippen LogP contribution in [0.5, 0.6) is 5.75 Å². The third-order valence-corrected chi connectivity index (χ3v) is 7.35. The van der Waals surface area contributed by atoms with Crippen molar-refractivity contribution in [3.05, 3.63) is 69.7 Å². The van der Waals surface area contributed by atoms with E-state index >= 15 is 0 Å². The number of aromatic nitrogens is 1. The summed E-state index contributed by atoms with van der Waals surface area (Å²) in [7, 11) is 1.65. The third-order valence-electron chi connectivity index (χ3n) is 5.41. The fourth-order valence-electron chi connectivity index (χ4n) is 3.53. The number of thiazole rings is 1. The van der Waals surface area contributed by atoms with Gasteiger partial charge < -0.3 is 9.64 Å². The summed E-state index contributed by atoms with van der Waals surface area (Å²) in [5.41, 5.74) is 2.17. The van der Waals surface area contributed by atoms with Gasteiger partial charge in [-0.25, -0.2) is 4.98 Å². The number of benzene rings is 2. The van der Waals surface area contributed by atoms with Gasteiger partial charge in [0, 0.05) is 60.7 Å². The number of rotatable bonds is 8. The van der Waals surface area contributed by atoms with E-state index in [2.05, 4.69) is 10.3 Å². The van der Waals surface area contributed by atoms with E-state index in [-0.39, 0.29) is 11.6 Å². The van der Waals surface area contributed by atoms with Crippen molar-refractivity contribution in [1.82, 2.24) is 14.8 Å². The molecule has 1 aliphatic rings. The first-order chi connectivity index (χ1) is 16.0. The Balaban J connectivity index is 1.23. The van der Waals surface area contributed by atoms with E-state index in [1.165, 1.54) is 23.9 Å². The monoisotopic (exact) mass is 484 g/mol. The van der Waals surface area contributed by atoms with Crippen LogP contribution < -0.4 is 4.74 Å². The largest absolute Gasteiger partial charge is 0.497 e. The number of amides is 1. The van der Waals surface area contributed by atoms with Gasteiger partial charge in [0.1, 0.15) is 10.8 Å². The van der Waals surface area contributed by atoms with Crippen LogP contribution in [0, 0.1) is 10.1 Å². The van der Waals surface area contributed by atoms with Gasteiger partial charge in [-0.15, -0.1) is 23.1 Å². The molecule has 0 radical (unpaired) electrons. The van der Waals surface area contributed by atoms with Crippen LogP contribution in [0.1, 0.15) is 5.69 Å². The Labute approximate surface area is 200 Å². The highest BCUT2D eigenvalue weighted by Crippen LogP contribution is 2.26. The summed E-state index contributed by atoms with van der Waals surface area (Å²) in [6.07, 6.45) is 0. The topological polar surface area (TPSA) is 88.8 Å². The zero-order chi connectivity index (χ0) is 23.2. The van der Waals surface area contributed by atoms with Crippen molar-refractivity contribution in [1.29, 1.82) is 0 Å². The highest BCUT2D eigenvalue weighted by Gasteiger charge is 2.22. The number of nitro benzene ring substituents is 1. The number of piperazine rings is 1. The normalized spacial score (nSPS) is 14.3.